The van der Waals surface area contributed by atoms with Crippen LogP contribution >= 0.6 is 34.2 Å². The second kappa shape index (κ2) is 7.07. The van der Waals surface area contributed by atoms with E-state index in [1.165, 1.54) is 4.57 Å². The molecular weight excluding hydrogens is 462 g/mol. The van der Waals surface area contributed by atoms with Crippen LogP contribution in [0.1, 0.15) is 56.1 Å². The molecule has 1 aromatic heterocycles. The van der Waals surface area contributed by atoms with Gasteiger partial charge in [-0.05, 0) is 47.3 Å². The fraction of sp³-hybridized carbons (Fsp3) is 0.706. The van der Waals surface area contributed by atoms with Crippen molar-refractivity contribution < 1.29 is 19.7 Å². The van der Waals surface area contributed by atoms with Crippen LogP contribution in [0.15, 0.2) is 6.20 Å². The third-order valence-electron chi connectivity index (χ3n) is 6.03. The van der Waals surface area contributed by atoms with E-state index in [0.717, 1.165) is 19.3 Å². The monoisotopic (exact) mass is 484 g/mol. The molecule has 1 aromatic rings. The summed E-state index contributed by atoms with van der Waals surface area (Å²) in [6.07, 6.45) is 0.302. The summed E-state index contributed by atoms with van der Waals surface area (Å²) in [5.74, 6) is -0.762. The molecule has 2 heterocycles. The Morgan fingerprint density at radius 2 is 2.28 bits per heavy atom. The van der Waals surface area contributed by atoms with Crippen LogP contribution in [0.5, 0.6) is 0 Å². The molecule has 1 aliphatic heterocycles. The summed E-state index contributed by atoms with van der Waals surface area (Å²) in [6, 6.07) is 0. The summed E-state index contributed by atoms with van der Waals surface area (Å²) in [7, 11) is 0. The van der Waals surface area contributed by atoms with E-state index in [1.807, 2.05) is 22.6 Å². The van der Waals surface area contributed by atoms with Crippen LogP contribution in [-0.4, -0.2) is 43.9 Å². The topological polar surface area (TPSA) is 89.5 Å². The molecule has 1 aliphatic carbocycles. The van der Waals surface area contributed by atoms with Gasteiger partial charge in [-0.25, -0.2) is 4.39 Å². The number of aliphatic hydroxyl groups is 3. The van der Waals surface area contributed by atoms with E-state index in [2.05, 4.69) is 6.92 Å². The van der Waals surface area contributed by atoms with Gasteiger partial charge in [0.1, 0.15) is 11.3 Å². The number of fused-ring (bicyclic) bond motifs is 3. The summed E-state index contributed by atoms with van der Waals surface area (Å²) < 4.78 is 17.3. The normalized spacial score (nSPS) is 36.3. The van der Waals surface area contributed by atoms with Gasteiger partial charge in [0.25, 0.3) is 0 Å². The van der Waals surface area contributed by atoms with Gasteiger partial charge in [-0.2, -0.15) is 0 Å². The van der Waals surface area contributed by atoms with E-state index < -0.39 is 31.0 Å². The predicted octanol–water partition coefficient (Wildman–Crippen LogP) is 3.13. The predicted molar refractivity (Wildman–Crippen MR) is 102 cm³/mol. The highest BCUT2D eigenvalue weighted by Crippen LogP contribution is 2.56. The van der Waals surface area contributed by atoms with Crippen molar-refractivity contribution in [2.75, 3.05) is 6.61 Å². The van der Waals surface area contributed by atoms with Crippen LogP contribution in [0, 0.1) is 20.3 Å². The highest BCUT2D eigenvalue weighted by molar-refractivity contribution is 14.1. The number of nitrogens with zero attached hydrogens (tertiary/aromatic N) is 1. The van der Waals surface area contributed by atoms with E-state index in [4.69, 9.17) is 17.0 Å². The smallest absolute Gasteiger partial charge is 0.202 e. The minimum absolute atomic E-state index is 0.00995. The SMILES string of the molecule is C[C@@]12CCCC1c1c(C(=N)Cl)c(I)cn1[C@H](F)[C@H](O)[C@@H]([C@H](O)CO)C2. The van der Waals surface area contributed by atoms with Crippen molar-refractivity contribution in [3.8, 4) is 0 Å². The van der Waals surface area contributed by atoms with Gasteiger partial charge in [0.05, 0.1) is 12.7 Å². The summed E-state index contributed by atoms with van der Waals surface area (Å²) in [5.41, 5.74) is 0.951. The van der Waals surface area contributed by atoms with E-state index in [9.17, 15) is 15.3 Å². The highest BCUT2D eigenvalue weighted by Gasteiger charge is 2.50. The number of halogens is 3. The molecule has 0 radical (unpaired) electrons. The molecule has 140 valence electrons. The molecule has 8 heteroatoms. The first-order valence-electron chi connectivity index (χ1n) is 8.47. The van der Waals surface area contributed by atoms with Crippen LogP contribution in [-0.2, 0) is 0 Å². The standard InChI is InChI=1S/C17H23ClFIN2O3/c1-17-4-2-3-9(17)13-12(15(18)21)10(20)6-22(13)16(19)14(25)8(5-17)11(24)7-23/h6,8-9,11,14,16,21,23-25H,2-5,7H2,1H3/t8-,9?,11-,14-,16+,17+/m1/s1. The van der Waals surface area contributed by atoms with Gasteiger partial charge in [0.2, 0.25) is 6.30 Å². The largest absolute Gasteiger partial charge is 0.394 e. The summed E-state index contributed by atoms with van der Waals surface area (Å²) >= 11 is 8.05. The van der Waals surface area contributed by atoms with E-state index in [1.54, 1.807) is 6.20 Å². The van der Waals surface area contributed by atoms with Crippen LogP contribution in [0.25, 0.3) is 0 Å². The average Bonchev–Trinajstić information content (AvgIpc) is 3.09. The number of aromatic nitrogens is 1. The number of aliphatic hydroxyl groups excluding tert-OH is 3. The van der Waals surface area contributed by atoms with Gasteiger partial charge >= 0.3 is 0 Å². The molecule has 2 aliphatic rings. The van der Waals surface area contributed by atoms with Gasteiger partial charge in [-0.3, -0.25) is 5.41 Å². The van der Waals surface area contributed by atoms with Gasteiger partial charge in [0, 0.05) is 32.9 Å². The maximum atomic E-state index is 15.2. The molecule has 25 heavy (non-hydrogen) atoms. The molecule has 6 atom stereocenters. The minimum Gasteiger partial charge on any atom is -0.394 e. The number of nitrogens with one attached hydrogen (secondary N) is 1. The Labute approximate surface area is 164 Å². The molecular formula is C17H23ClFIN2O3. The first kappa shape index (κ1) is 19.5. The third kappa shape index (κ3) is 3.16. The molecule has 0 bridgehead atoms. The fourth-order valence-electron chi connectivity index (χ4n) is 4.75. The summed E-state index contributed by atoms with van der Waals surface area (Å²) in [6.45, 7) is 1.57. The van der Waals surface area contributed by atoms with Gasteiger partial charge in [0.15, 0.2) is 0 Å². The van der Waals surface area contributed by atoms with E-state index in [0.29, 0.717) is 21.2 Å². The number of alkyl halides is 1. The minimum atomic E-state index is -1.76. The van der Waals surface area contributed by atoms with Crippen molar-refractivity contribution in [1.82, 2.24) is 4.57 Å². The third-order valence-corrected chi connectivity index (χ3v) is 7.03. The lowest BCUT2D eigenvalue weighted by Crippen LogP contribution is -2.44. The second-order valence-corrected chi connectivity index (χ2v) is 9.08. The van der Waals surface area contributed by atoms with Crippen LogP contribution in [0.3, 0.4) is 0 Å². The maximum Gasteiger partial charge on any atom is 0.202 e. The molecule has 5 nitrogen and oxygen atoms in total. The molecule has 0 aromatic carbocycles. The zero-order valence-corrected chi connectivity index (χ0v) is 16.8. The zero-order chi connectivity index (χ0) is 18.5. The second-order valence-electron chi connectivity index (χ2n) is 7.54. The van der Waals surface area contributed by atoms with Crippen LogP contribution in [0.2, 0.25) is 0 Å². The van der Waals surface area contributed by atoms with Crippen molar-refractivity contribution in [2.24, 2.45) is 11.3 Å². The van der Waals surface area contributed by atoms with Crippen molar-refractivity contribution in [2.45, 2.75) is 57.0 Å². The van der Waals surface area contributed by atoms with E-state index in [-0.39, 0.29) is 16.5 Å². The lowest BCUT2D eigenvalue weighted by Gasteiger charge is -2.42. The van der Waals surface area contributed by atoms with Crippen molar-refractivity contribution in [3.05, 3.63) is 21.0 Å². The first-order chi connectivity index (χ1) is 11.7. The molecule has 0 spiro atoms. The molecule has 0 saturated heterocycles. The van der Waals surface area contributed by atoms with Crippen molar-refractivity contribution in [3.63, 3.8) is 0 Å². The molecule has 3 rings (SSSR count). The quantitative estimate of drug-likeness (QED) is 0.393. The van der Waals surface area contributed by atoms with Crippen molar-refractivity contribution in [1.29, 1.82) is 5.41 Å². The average molecular weight is 485 g/mol. The van der Waals surface area contributed by atoms with Crippen LogP contribution < -0.4 is 0 Å². The maximum absolute atomic E-state index is 15.2. The Hall–Kier alpha value is -0.220. The van der Waals surface area contributed by atoms with Gasteiger partial charge in [-0.15, -0.1) is 0 Å². The lowest BCUT2D eigenvalue weighted by molar-refractivity contribution is -0.0889. The Bertz CT molecular complexity index is 685. The Morgan fingerprint density at radius 1 is 1.60 bits per heavy atom. The van der Waals surface area contributed by atoms with E-state index >= 15 is 4.39 Å². The first-order valence-corrected chi connectivity index (χ1v) is 9.92. The molecule has 1 unspecified atom stereocenters. The van der Waals surface area contributed by atoms with Crippen molar-refractivity contribution >= 4 is 39.4 Å². The van der Waals surface area contributed by atoms with Crippen LogP contribution in [0.4, 0.5) is 4.39 Å². The molecule has 1 saturated carbocycles. The lowest BCUT2D eigenvalue weighted by atomic mass is 9.68. The highest BCUT2D eigenvalue weighted by atomic mass is 127. The molecule has 0 amide bonds. The Kier molecular flexibility index (Phi) is 5.53. The number of rotatable bonds is 3. The Balaban J connectivity index is 2.20. The number of hydrogen-bond acceptors (Lipinski definition) is 4. The number of hydrogen-bond donors (Lipinski definition) is 4. The summed E-state index contributed by atoms with van der Waals surface area (Å²) in [5, 5.41) is 37.9. The molecule has 1 fully saturated rings. The van der Waals surface area contributed by atoms with Gasteiger partial charge < -0.3 is 19.9 Å². The van der Waals surface area contributed by atoms with Gasteiger partial charge in [-0.1, -0.05) is 24.9 Å². The molecule has 4 N–H and O–H groups in total. The Morgan fingerprint density at radius 3 is 2.88 bits per heavy atom. The zero-order valence-electron chi connectivity index (χ0n) is 13.9. The fourth-order valence-corrected chi connectivity index (χ4v) is 5.96. The summed E-state index contributed by atoms with van der Waals surface area (Å²) in [4.78, 5) is 0.